The van der Waals surface area contributed by atoms with E-state index in [1.54, 1.807) is 25.4 Å². The molecule has 0 saturated carbocycles. The third-order valence-corrected chi connectivity index (χ3v) is 3.34. The van der Waals surface area contributed by atoms with Crippen LogP contribution in [0.1, 0.15) is 24.5 Å². The van der Waals surface area contributed by atoms with Gasteiger partial charge in [-0.2, -0.15) is 0 Å². The number of rotatable bonds is 7. The van der Waals surface area contributed by atoms with Gasteiger partial charge < -0.3 is 15.4 Å². The molecule has 0 bridgehead atoms. The second-order valence-corrected chi connectivity index (χ2v) is 5.22. The van der Waals surface area contributed by atoms with E-state index in [1.807, 2.05) is 12.1 Å². The lowest BCUT2D eigenvalue weighted by Gasteiger charge is -2.14. The highest BCUT2D eigenvalue weighted by atomic mass is 127. The van der Waals surface area contributed by atoms with Crippen molar-refractivity contribution >= 4 is 29.9 Å². The van der Waals surface area contributed by atoms with Crippen LogP contribution in [0.3, 0.4) is 0 Å². The maximum atomic E-state index is 12.9. The number of hydrogen-bond acceptors (Lipinski definition) is 3. The normalized spacial score (nSPS) is 10.8. The average Bonchev–Trinajstić information content (AvgIpc) is 2.62. The minimum Gasteiger partial charge on any atom is -0.477 e. The van der Waals surface area contributed by atoms with Crippen LogP contribution in [0.4, 0.5) is 4.39 Å². The van der Waals surface area contributed by atoms with Crippen molar-refractivity contribution in [1.82, 2.24) is 15.6 Å². The molecule has 0 saturated heterocycles. The molecule has 0 radical (unpaired) electrons. The minimum atomic E-state index is -0.238. The van der Waals surface area contributed by atoms with Crippen molar-refractivity contribution in [3.63, 3.8) is 0 Å². The molecule has 136 valence electrons. The summed E-state index contributed by atoms with van der Waals surface area (Å²) in [5, 5.41) is 6.42. The molecule has 25 heavy (non-hydrogen) atoms. The van der Waals surface area contributed by atoms with Gasteiger partial charge in [-0.1, -0.05) is 25.1 Å². The Morgan fingerprint density at radius 2 is 1.88 bits per heavy atom. The Morgan fingerprint density at radius 1 is 1.16 bits per heavy atom. The average molecular weight is 458 g/mol. The van der Waals surface area contributed by atoms with Gasteiger partial charge in [-0.05, 0) is 30.2 Å². The Hall–Kier alpha value is -1.90. The van der Waals surface area contributed by atoms with Crippen LogP contribution in [0.5, 0.6) is 5.88 Å². The minimum absolute atomic E-state index is 0. The standard InChI is InChI=1S/C18H23FN4O.HI/c1-3-11-24-17-15(5-4-10-21-17)13-23-18(20-2)22-12-14-6-8-16(19)9-7-14;/h4-10H,3,11-13H2,1-2H3,(H2,20,22,23);1H. The highest BCUT2D eigenvalue weighted by Crippen LogP contribution is 2.14. The molecule has 0 unspecified atom stereocenters. The van der Waals surface area contributed by atoms with Gasteiger partial charge >= 0.3 is 0 Å². The van der Waals surface area contributed by atoms with Gasteiger partial charge in [0.1, 0.15) is 5.82 Å². The maximum absolute atomic E-state index is 12.9. The fraction of sp³-hybridized carbons (Fsp3) is 0.333. The lowest BCUT2D eigenvalue weighted by atomic mass is 10.2. The number of hydrogen-bond donors (Lipinski definition) is 2. The van der Waals surface area contributed by atoms with E-state index < -0.39 is 0 Å². The lowest BCUT2D eigenvalue weighted by molar-refractivity contribution is 0.301. The van der Waals surface area contributed by atoms with Gasteiger partial charge in [0.05, 0.1) is 6.61 Å². The monoisotopic (exact) mass is 458 g/mol. The van der Waals surface area contributed by atoms with Crippen molar-refractivity contribution in [1.29, 1.82) is 0 Å². The summed E-state index contributed by atoms with van der Waals surface area (Å²) in [6.07, 6.45) is 2.65. The molecule has 2 aromatic rings. The number of ether oxygens (including phenoxy) is 1. The highest BCUT2D eigenvalue weighted by Gasteiger charge is 2.06. The van der Waals surface area contributed by atoms with Crippen LogP contribution in [-0.4, -0.2) is 24.6 Å². The molecule has 0 fully saturated rings. The first kappa shape index (κ1) is 21.1. The SMILES string of the molecule is CCCOc1ncccc1CNC(=NC)NCc1ccc(F)cc1.I. The van der Waals surface area contributed by atoms with Crippen LogP contribution in [0.2, 0.25) is 0 Å². The van der Waals surface area contributed by atoms with Gasteiger partial charge in [0.2, 0.25) is 5.88 Å². The van der Waals surface area contributed by atoms with E-state index in [9.17, 15) is 4.39 Å². The summed E-state index contributed by atoms with van der Waals surface area (Å²) >= 11 is 0. The highest BCUT2D eigenvalue weighted by molar-refractivity contribution is 14.0. The van der Waals surface area contributed by atoms with Crippen LogP contribution in [0.25, 0.3) is 0 Å². The van der Waals surface area contributed by atoms with Gasteiger partial charge in [0, 0.05) is 31.9 Å². The molecule has 0 amide bonds. The van der Waals surface area contributed by atoms with Crippen molar-refractivity contribution in [2.75, 3.05) is 13.7 Å². The smallest absolute Gasteiger partial charge is 0.218 e. The van der Waals surface area contributed by atoms with E-state index in [0.717, 1.165) is 17.5 Å². The van der Waals surface area contributed by atoms with Gasteiger partial charge in [-0.3, -0.25) is 4.99 Å². The quantitative estimate of drug-likeness (QED) is 0.379. The first-order chi connectivity index (χ1) is 11.7. The van der Waals surface area contributed by atoms with Crippen molar-refractivity contribution < 1.29 is 9.13 Å². The largest absolute Gasteiger partial charge is 0.477 e. The molecule has 1 aromatic heterocycles. The molecule has 2 rings (SSSR count). The van der Waals surface area contributed by atoms with Crippen LogP contribution in [0, 0.1) is 5.82 Å². The summed E-state index contributed by atoms with van der Waals surface area (Å²) in [5.41, 5.74) is 1.95. The molecular weight excluding hydrogens is 434 g/mol. The molecule has 1 heterocycles. The summed E-state index contributed by atoms with van der Waals surface area (Å²) in [7, 11) is 1.71. The van der Waals surface area contributed by atoms with Crippen molar-refractivity contribution in [2.24, 2.45) is 4.99 Å². The van der Waals surface area contributed by atoms with Crippen molar-refractivity contribution in [3.05, 3.63) is 59.5 Å². The number of nitrogens with zero attached hydrogens (tertiary/aromatic N) is 2. The summed E-state index contributed by atoms with van der Waals surface area (Å²) in [6.45, 7) is 3.81. The van der Waals surface area contributed by atoms with Crippen molar-refractivity contribution in [3.8, 4) is 5.88 Å². The Labute approximate surface area is 165 Å². The van der Waals surface area contributed by atoms with Gasteiger partial charge in [-0.15, -0.1) is 24.0 Å². The second-order valence-electron chi connectivity index (χ2n) is 5.22. The Balaban J connectivity index is 0.00000312. The summed E-state index contributed by atoms with van der Waals surface area (Å²) < 4.78 is 18.6. The third kappa shape index (κ3) is 7.25. The topological polar surface area (TPSA) is 58.5 Å². The Bertz CT molecular complexity index is 664. The molecule has 7 heteroatoms. The van der Waals surface area contributed by atoms with E-state index in [-0.39, 0.29) is 29.8 Å². The number of guanidine groups is 1. The second kappa shape index (κ2) is 11.6. The zero-order chi connectivity index (χ0) is 17.2. The fourth-order valence-electron chi connectivity index (χ4n) is 2.07. The van der Waals surface area contributed by atoms with Gasteiger partial charge in [-0.25, -0.2) is 9.37 Å². The molecule has 0 aliphatic rings. The number of nitrogens with one attached hydrogen (secondary N) is 2. The summed E-state index contributed by atoms with van der Waals surface area (Å²) in [4.78, 5) is 8.45. The molecule has 0 spiro atoms. The van der Waals surface area contributed by atoms with Crippen LogP contribution in [-0.2, 0) is 13.1 Å². The zero-order valence-electron chi connectivity index (χ0n) is 14.5. The number of aliphatic imine (C=N–C) groups is 1. The van der Waals surface area contributed by atoms with Crippen LogP contribution < -0.4 is 15.4 Å². The van der Waals surface area contributed by atoms with E-state index in [0.29, 0.717) is 31.5 Å². The van der Waals surface area contributed by atoms with E-state index in [1.165, 1.54) is 12.1 Å². The van der Waals surface area contributed by atoms with E-state index in [4.69, 9.17) is 4.74 Å². The number of pyridine rings is 1. The third-order valence-electron chi connectivity index (χ3n) is 3.34. The molecule has 1 aromatic carbocycles. The molecule has 0 aliphatic heterocycles. The van der Waals surface area contributed by atoms with Crippen molar-refractivity contribution in [2.45, 2.75) is 26.4 Å². The van der Waals surface area contributed by atoms with Gasteiger partial charge in [0.25, 0.3) is 0 Å². The lowest BCUT2D eigenvalue weighted by Crippen LogP contribution is -2.36. The maximum Gasteiger partial charge on any atom is 0.218 e. The van der Waals surface area contributed by atoms with E-state index >= 15 is 0 Å². The van der Waals surface area contributed by atoms with Gasteiger partial charge in [0.15, 0.2) is 5.96 Å². The summed E-state index contributed by atoms with van der Waals surface area (Å²) in [6, 6.07) is 10.2. The first-order valence-corrected chi connectivity index (χ1v) is 7.98. The molecule has 0 aliphatic carbocycles. The predicted molar refractivity (Wildman–Crippen MR) is 109 cm³/mol. The summed E-state index contributed by atoms with van der Waals surface area (Å²) in [5.74, 6) is 1.06. The number of benzene rings is 1. The fourth-order valence-corrected chi connectivity index (χ4v) is 2.07. The Kier molecular flexibility index (Phi) is 9.83. The molecule has 0 atom stereocenters. The predicted octanol–water partition coefficient (Wildman–Crippen LogP) is 3.49. The number of halogens is 2. The molecular formula is C18H24FIN4O. The van der Waals surface area contributed by atoms with Crippen LogP contribution in [0.15, 0.2) is 47.6 Å². The molecule has 5 nitrogen and oxygen atoms in total. The van der Waals surface area contributed by atoms with E-state index in [2.05, 4.69) is 27.5 Å². The Morgan fingerprint density at radius 3 is 2.56 bits per heavy atom. The van der Waals surface area contributed by atoms with Crippen LogP contribution >= 0.6 is 24.0 Å². The molecule has 2 N–H and O–H groups in total. The first-order valence-electron chi connectivity index (χ1n) is 7.98. The number of aromatic nitrogens is 1. The zero-order valence-corrected chi connectivity index (χ0v) is 16.8.